The van der Waals surface area contributed by atoms with Crippen molar-refractivity contribution in [2.45, 2.75) is 6.92 Å². The molecule has 39 heavy (non-hydrogen) atoms. The van der Waals surface area contributed by atoms with Crippen LogP contribution in [0.4, 0.5) is 0 Å². The van der Waals surface area contributed by atoms with E-state index in [9.17, 15) is 0 Å². The van der Waals surface area contributed by atoms with Gasteiger partial charge in [0.15, 0.2) is 0 Å². The molecule has 1 heteroatoms. The van der Waals surface area contributed by atoms with Gasteiger partial charge in [-0.1, -0.05) is 115 Å². The van der Waals surface area contributed by atoms with Gasteiger partial charge in [-0.25, -0.2) is 4.98 Å². The maximum atomic E-state index is 4.90. The summed E-state index contributed by atoms with van der Waals surface area (Å²) in [5, 5.41) is 6.23. The van der Waals surface area contributed by atoms with Crippen molar-refractivity contribution in [2.24, 2.45) is 0 Å². The van der Waals surface area contributed by atoms with Gasteiger partial charge < -0.3 is 0 Å². The maximum absolute atomic E-state index is 4.90. The first kappa shape index (κ1) is 23.1. The third-order valence-electron chi connectivity index (χ3n) is 7.54. The fourth-order valence-electron chi connectivity index (χ4n) is 5.38. The summed E-state index contributed by atoms with van der Waals surface area (Å²) in [6.45, 7) is 2.15. The van der Waals surface area contributed by atoms with Crippen LogP contribution in [0.1, 0.15) is 16.7 Å². The van der Waals surface area contributed by atoms with E-state index in [0.717, 1.165) is 16.8 Å². The van der Waals surface area contributed by atoms with Gasteiger partial charge in [0.25, 0.3) is 0 Å². The van der Waals surface area contributed by atoms with Crippen LogP contribution in [0.15, 0.2) is 133 Å². The number of para-hydroxylation sites is 1. The highest BCUT2D eigenvalue weighted by atomic mass is 14.7. The van der Waals surface area contributed by atoms with Crippen molar-refractivity contribution in [3.63, 3.8) is 0 Å². The van der Waals surface area contributed by atoms with E-state index >= 15 is 0 Å². The van der Waals surface area contributed by atoms with Gasteiger partial charge in [-0.3, -0.25) is 0 Å². The molecule has 0 unspecified atom stereocenters. The van der Waals surface area contributed by atoms with E-state index in [4.69, 9.17) is 4.98 Å². The first-order valence-corrected chi connectivity index (χ1v) is 13.4. The minimum absolute atomic E-state index is 1.01. The molecule has 0 fully saturated rings. The smallest absolute Gasteiger partial charge is 0.0712 e. The van der Waals surface area contributed by atoms with E-state index in [2.05, 4.69) is 146 Å². The largest absolute Gasteiger partial charge is 0.248 e. The van der Waals surface area contributed by atoms with E-state index in [1.807, 2.05) is 6.07 Å². The highest BCUT2D eigenvalue weighted by molar-refractivity contribution is 5.91. The average molecular weight is 498 g/mol. The summed E-state index contributed by atoms with van der Waals surface area (Å²) in [4.78, 5) is 4.90. The number of benzene rings is 6. The van der Waals surface area contributed by atoms with Crippen LogP contribution in [0.3, 0.4) is 0 Å². The Morgan fingerprint density at radius 1 is 0.462 bits per heavy atom. The van der Waals surface area contributed by atoms with E-state index in [-0.39, 0.29) is 0 Å². The standard InChI is InChI=1S/C38H27N/c1-26-22-38(39-37-9-5-4-8-36(26)37)31-18-16-30(17-19-31)34-21-20-33-24-28(13-15-35(33)25-34)11-10-27-12-14-29-6-2-3-7-32(29)23-27/h2-25H,1H3/b11-10+. The summed E-state index contributed by atoms with van der Waals surface area (Å²) in [6.07, 6.45) is 4.38. The maximum Gasteiger partial charge on any atom is 0.0712 e. The second-order valence-corrected chi connectivity index (χ2v) is 10.2. The molecular weight excluding hydrogens is 470 g/mol. The Morgan fingerprint density at radius 3 is 1.82 bits per heavy atom. The van der Waals surface area contributed by atoms with E-state index in [1.54, 1.807) is 0 Å². The molecule has 0 bridgehead atoms. The number of hydrogen-bond donors (Lipinski definition) is 0. The SMILES string of the molecule is Cc1cc(-c2ccc(-c3ccc4cc(/C=C/c5ccc6ccccc6c5)ccc4c3)cc2)nc2ccccc12. The second-order valence-electron chi connectivity index (χ2n) is 10.2. The summed E-state index contributed by atoms with van der Waals surface area (Å²) >= 11 is 0. The zero-order valence-corrected chi connectivity index (χ0v) is 21.8. The lowest BCUT2D eigenvalue weighted by Crippen LogP contribution is -1.89. The quantitative estimate of drug-likeness (QED) is 0.220. The molecule has 7 rings (SSSR count). The Morgan fingerprint density at radius 2 is 1.03 bits per heavy atom. The molecule has 7 aromatic rings. The number of aromatic nitrogens is 1. The monoisotopic (exact) mass is 497 g/mol. The molecule has 0 radical (unpaired) electrons. The van der Waals surface area contributed by atoms with Crippen molar-refractivity contribution in [2.75, 3.05) is 0 Å². The van der Waals surface area contributed by atoms with Crippen LogP contribution in [0.25, 0.3) is 67.0 Å². The van der Waals surface area contributed by atoms with Gasteiger partial charge in [0.05, 0.1) is 11.2 Å². The first-order valence-electron chi connectivity index (χ1n) is 13.4. The van der Waals surface area contributed by atoms with Crippen LogP contribution < -0.4 is 0 Å². The van der Waals surface area contributed by atoms with Crippen LogP contribution in [0.2, 0.25) is 0 Å². The summed E-state index contributed by atoms with van der Waals surface area (Å²) in [7, 11) is 0. The molecule has 0 saturated heterocycles. The normalized spacial score (nSPS) is 11.6. The van der Waals surface area contributed by atoms with Crippen LogP contribution in [-0.2, 0) is 0 Å². The average Bonchev–Trinajstić information content (AvgIpc) is 2.99. The topological polar surface area (TPSA) is 12.9 Å². The highest BCUT2D eigenvalue weighted by Gasteiger charge is 2.06. The summed E-state index contributed by atoms with van der Waals surface area (Å²) in [5.41, 5.74) is 9.28. The summed E-state index contributed by atoms with van der Waals surface area (Å²) in [6, 6.07) is 47.7. The number of fused-ring (bicyclic) bond motifs is 3. The molecular formula is C38H27N. The summed E-state index contributed by atoms with van der Waals surface area (Å²) < 4.78 is 0. The lowest BCUT2D eigenvalue weighted by atomic mass is 9.98. The molecule has 0 spiro atoms. The fraction of sp³-hybridized carbons (Fsp3) is 0.0263. The minimum Gasteiger partial charge on any atom is -0.248 e. The lowest BCUT2D eigenvalue weighted by molar-refractivity contribution is 1.36. The molecule has 0 atom stereocenters. The third kappa shape index (κ3) is 4.60. The third-order valence-corrected chi connectivity index (χ3v) is 7.54. The number of aryl methyl sites for hydroxylation is 1. The Hall–Kier alpha value is -5.01. The van der Waals surface area contributed by atoms with Gasteiger partial charge in [0.2, 0.25) is 0 Å². The Balaban J connectivity index is 1.13. The fourth-order valence-corrected chi connectivity index (χ4v) is 5.38. The van der Waals surface area contributed by atoms with E-state index < -0.39 is 0 Å². The zero-order chi connectivity index (χ0) is 26.2. The molecule has 1 aromatic heterocycles. The van der Waals surface area contributed by atoms with Crippen molar-refractivity contribution < 1.29 is 0 Å². The van der Waals surface area contributed by atoms with Crippen molar-refractivity contribution in [1.82, 2.24) is 4.98 Å². The molecule has 0 N–H and O–H groups in total. The number of rotatable bonds is 4. The van der Waals surface area contributed by atoms with Gasteiger partial charge in [-0.2, -0.15) is 0 Å². The molecule has 0 amide bonds. The minimum atomic E-state index is 1.01. The van der Waals surface area contributed by atoms with Crippen molar-refractivity contribution in [3.8, 4) is 22.4 Å². The van der Waals surface area contributed by atoms with Crippen LogP contribution in [0, 0.1) is 6.92 Å². The molecule has 184 valence electrons. The van der Waals surface area contributed by atoms with Crippen LogP contribution in [-0.4, -0.2) is 4.98 Å². The van der Waals surface area contributed by atoms with Crippen LogP contribution in [0.5, 0.6) is 0 Å². The predicted molar refractivity (Wildman–Crippen MR) is 168 cm³/mol. The second kappa shape index (κ2) is 9.70. The Bertz CT molecular complexity index is 2010. The molecule has 0 aliphatic heterocycles. The number of hydrogen-bond acceptors (Lipinski definition) is 1. The lowest BCUT2D eigenvalue weighted by Gasteiger charge is -2.09. The molecule has 6 aromatic carbocycles. The van der Waals surface area contributed by atoms with Crippen molar-refractivity contribution in [3.05, 3.63) is 150 Å². The number of pyridine rings is 1. The van der Waals surface area contributed by atoms with Crippen LogP contribution >= 0.6 is 0 Å². The predicted octanol–water partition coefficient (Wildman–Crippen LogP) is 10.4. The van der Waals surface area contributed by atoms with Gasteiger partial charge >= 0.3 is 0 Å². The van der Waals surface area contributed by atoms with Crippen molar-refractivity contribution >= 4 is 44.6 Å². The van der Waals surface area contributed by atoms with Gasteiger partial charge in [0.1, 0.15) is 0 Å². The molecule has 1 nitrogen and oxygen atoms in total. The Kier molecular flexibility index (Phi) is 5.75. The highest BCUT2D eigenvalue weighted by Crippen LogP contribution is 2.29. The molecule has 0 saturated carbocycles. The number of nitrogens with zero attached hydrogens (tertiary/aromatic N) is 1. The zero-order valence-electron chi connectivity index (χ0n) is 21.8. The molecule has 0 aliphatic rings. The molecule has 0 aliphatic carbocycles. The van der Waals surface area contributed by atoms with E-state index in [0.29, 0.717) is 0 Å². The Labute approximate surface area is 228 Å². The van der Waals surface area contributed by atoms with Gasteiger partial charge in [-0.05, 0) is 86.6 Å². The summed E-state index contributed by atoms with van der Waals surface area (Å²) in [5.74, 6) is 0. The van der Waals surface area contributed by atoms with Gasteiger partial charge in [-0.15, -0.1) is 0 Å². The van der Waals surface area contributed by atoms with Crippen molar-refractivity contribution in [1.29, 1.82) is 0 Å². The van der Waals surface area contributed by atoms with E-state index in [1.165, 1.54) is 54.7 Å². The molecule has 1 heterocycles. The first-order chi connectivity index (χ1) is 19.2. The van der Waals surface area contributed by atoms with Gasteiger partial charge in [0, 0.05) is 10.9 Å².